The Morgan fingerprint density at radius 1 is 0.951 bits per heavy atom. The number of ether oxygens (including phenoxy) is 1. The van der Waals surface area contributed by atoms with Crippen molar-refractivity contribution in [1.29, 1.82) is 10.5 Å². The molecule has 0 amide bonds. The molecule has 0 spiro atoms. The van der Waals surface area contributed by atoms with Crippen LogP contribution in [-0.2, 0) is 13.6 Å². The van der Waals surface area contributed by atoms with Crippen molar-refractivity contribution in [2.24, 2.45) is 13.0 Å². The van der Waals surface area contributed by atoms with E-state index in [2.05, 4.69) is 43.2 Å². The summed E-state index contributed by atoms with van der Waals surface area (Å²) in [5.41, 5.74) is 5.99. The van der Waals surface area contributed by atoms with Gasteiger partial charge in [0.2, 0.25) is 5.88 Å². The van der Waals surface area contributed by atoms with Crippen molar-refractivity contribution < 1.29 is 4.74 Å². The molecular weight excluding hydrogens is 516 g/mol. The number of anilines is 1. The zero-order valence-corrected chi connectivity index (χ0v) is 22.6. The van der Waals surface area contributed by atoms with Gasteiger partial charge in [0.15, 0.2) is 0 Å². The van der Waals surface area contributed by atoms with E-state index in [0.717, 1.165) is 52.2 Å². The van der Waals surface area contributed by atoms with Crippen molar-refractivity contribution in [3.63, 3.8) is 0 Å². The van der Waals surface area contributed by atoms with E-state index in [1.165, 1.54) is 0 Å². The molecule has 202 valence electrons. The molecule has 3 atom stereocenters. The third-order valence-corrected chi connectivity index (χ3v) is 8.13. The van der Waals surface area contributed by atoms with Gasteiger partial charge in [-0.3, -0.25) is 9.58 Å². The van der Waals surface area contributed by atoms with Crippen LogP contribution in [0.3, 0.4) is 0 Å². The van der Waals surface area contributed by atoms with Crippen LogP contribution in [0.25, 0.3) is 27.8 Å². The van der Waals surface area contributed by atoms with E-state index in [1.807, 2.05) is 62.3 Å². The third kappa shape index (κ3) is 4.15. The first kappa shape index (κ1) is 24.8. The van der Waals surface area contributed by atoms with Gasteiger partial charge < -0.3 is 9.64 Å². The maximum absolute atomic E-state index is 9.96. The number of hydrogen-bond donors (Lipinski definition) is 0. The molecule has 2 aliphatic rings. The molecule has 7 heterocycles. The largest absolute Gasteiger partial charge is 0.481 e. The topological polar surface area (TPSA) is 124 Å². The van der Waals surface area contributed by atoms with Crippen molar-refractivity contribution in [3.8, 4) is 40.3 Å². The summed E-state index contributed by atoms with van der Waals surface area (Å²) < 4.78 is 8.67. The van der Waals surface area contributed by atoms with Crippen LogP contribution in [0, 0.1) is 28.6 Å². The Kier molecular flexibility index (Phi) is 5.88. The van der Waals surface area contributed by atoms with E-state index < -0.39 is 0 Å². The smallest absolute Gasteiger partial charge is 0.212 e. The minimum Gasteiger partial charge on any atom is -0.481 e. The van der Waals surface area contributed by atoms with Crippen LogP contribution in [0.15, 0.2) is 67.5 Å². The number of likely N-dealkylation sites (tertiary alicyclic amines) is 1. The molecule has 11 heteroatoms. The SMILES string of the molecule is COc1ccc(CN2C[C@H](C#N)[C@H]3[C@@H]2CN3c2ccc(-c3cc(-c4cnn(C)c4)cn4ncc(C#N)c34)cn2)cn1. The summed E-state index contributed by atoms with van der Waals surface area (Å²) >= 11 is 0. The Labute approximate surface area is 236 Å². The van der Waals surface area contributed by atoms with Gasteiger partial charge in [0.1, 0.15) is 11.9 Å². The second kappa shape index (κ2) is 9.73. The highest BCUT2D eigenvalue weighted by molar-refractivity contribution is 5.87. The van der Waals surface area contributed by atoms with Gasteiger partial charge in [-0.1, -0.05) is 6.07 Å². The standard InChI is InChI=1S/C30H26N10O/c1-37-15-24(13-35-37)21-7-25(29-22(8-31)12-36-40(29)17-21)20-4-5-27(33-11-20)39-18-26-30(39)23(9-32)16-38(26)14-19-3-6-28(41-2)34-10-19/h3-7,10-13,15,17,23,26,30H,14,16,18H2,1-2H3/t23-,26-,30-/m0/s1. The third-order valence-electron chi connectivity index (χ3n) is 8.13. The van der Waals surface area contributed by atoms with Gasteiger partial charge in [0, 0.05) is 85.8 Å². The Balaban J connectivity index is 1.16. The molecule has 0 N–H and O–H groups in total. The molecule has 41 heavy (non-hydrogen) atoms. The lowest BCUT2D eigenvalue weighted by Gasteiger charge is -2.48. The van der Waals surface area contributed by atoms with Gasteiger partial charge in [0.25, 0.3) is 0 Å². The Morgan fingerprint density at radius 3 is 2.54 bits per heavy atom. The number of aryl methyl sites for hydroxylation is 1. The van der Waals surface area contributed by atoms with E-state index in [1.54, 1.807) is 22.5 Å². The maximum atomic E-state index is 9.96. The first-order valence-electron chi connectivity index (χ1n) is 13.3. The number of nitriles is 2. The van der Waals surface area contributed by atoms with Gasteiger partial charge in [0.05, 0.1) is 48.6 Å². The first-order valence-corrected chi connectivity index (χ1v) is 13.3. The average Bonchev–Trinajstić information content (AvgIpc) is 3.68. The molecular formula is C30H26N10O. The van der Waals surface area contributed by atoms with Crippen LogP contribution >= 0.6 is 0 Å². The molecule has 2 fully saturated rings. The number of fused-ring (bicyclic) bond motifs is 2. The minimum atomic E-state index is -0.109. The normalized spacial score (nSPS) is 19.9. The number of rotatable bonds is 6. The number of aromatic nitrogens is 6. The van der Waals surface area contributed by atoms with Crippen molar-refractivity contribution in [2.45, 2.75) is 18.6 Å². The van der Waals surface area contributed by atoms with Gasteiger partial charge in [-0.05, 0) is 23.8 Å². The summed E-state index contributed by atoms with van der Waals surface area (Å²) in [5.74, 6) is 1.33. The van der Waals surface area contributed by atoms with Crippen molar-refractivity contribution in [3.05, 3.63) is 78.6 Å². The summed E-state index contributed by atoms with van der Waals surface area (Å²) in [7, 11) is 3.49. The van der Waals surface area contributed by atoms with Gasteiger partial charge in [-0.25, -0.2) is 14.5 Å². The van der Waals surface area contributed by atoms with Crippen molar-refractivity contribution in [2.75, 3.05) is 25.1 Å². The molecule has 0 bridgehead atoms. The van der Waals surface area contributed by atoms with E-state index in [9.17, 15) is 10.5 Å². The minimum absolute atomic E-state index is 0.0881. The summed E-state index contributed by atoms with van der Waals surface area (Å²) in [4.78, 5) is 13.8. The van der Waals surface area contributed by atoms with E-state index in [-0.39, 0.29) is 18.0 Å². The maximum Gasteiger partial charge on any atom is 0.212 e. The van der Waals surface area contributed by atoms with Crippen molar-refractivity contribution >= 4 is 11.3 Å². The number of methoxy groups -OCH3 is 1. The van der Waals surface area contributed by atoms with Crippen LogP contribution < -0.4 is 9.64 Å². The zero-order chi connectivity index (χ0) is 28.1. The Morgan fingerprint density at radius 2 is 1.85 bits per heavy atom. The fourth-order valence-electron chi connectivity index (χ4n) is 6.09. The fraction of sp³-hybridized carbons (Fsp3) is 0.267. The van der Waals surface area contributed by atoms with Crippen LogP contribution in [0.4, 0.5) is 5.82 Å². The number of pyridine rings is 3. The van der Waals surface area contributed by atoms with Gasteiger partial charge >= 0.3 is 0 Å². The molecule has 2 saturated heterocycles. The van der Waals surface area contributed by atoms with Gasteiger partial charge in [-0.15, -0.1) is 0 Å². The summed E-state index contributed by atoms with van der Waals surface area (Å²) in [6.45, 7) is 2.26. The van der Waals surface area contributed by atoms with Crippen LogP contribution in [0.1, 0.15) is 11.1 Å². The van der Waals surface area contributed by atoms with E-state index in [4.69, 9.17) is 9.72 Å². The summed E-state index contributed by atoms with van der Waals surface area (Å²) in [6.07, 6.45) is 10.9. The molecule has 0 unspecified atom stereocenters. The van der Waals surface area contributed by atoms with Crippen LogP contribution in [0.5, 0.6) is 5.88 Å². The lowest BCUT2D eigenvalue weighted by molar-refractivity contribution is 0.193. The molecule has 5 aromatic rings. The first-order chi connectivity index (χ1) is 20.1. The highest BCUT2D eigenvalue weighted by Gasteiger charge is 2.53. The second-order valence-electron chi connectivity index (χ2n) is 10.5. The lowest BCUT2D eigenvalue weighted by Crippen LogP contribution is -2.63. The highest BCUT2D eigenvalue weighted by atomic mass is 16.5. The monoisotopic (exact) mass is 542 g/mol. The van der Waals surface area contributed by atoms with E-state index >= 15 is 0 Å². The van der Waals surface area contributed by atoms with Crippen molar-refractivity contribution in [1.82, 2.24) is 34.3 Å². The highest BCUT2D eigenvalue weighted by Crippen LogP contribution is 2.40. The van der Waals surface area contributed by atoms with Crippen LogP contribution in [-0.4, -0.2) is 66.5 Å². The molecule has 2 aliphatic heterocycles. The Hall–Kier alpha value is -5.26. The average molecular weight is 543 g/mol. The summed E-state index contributed by atoms with van der Waals surface area (Å²) in [6, 6.07) is 15.1. The molecule has 0 aliphatic carbocycles. The fourth-order valence-corrected chi connectivity index (χ4v) is 6.09. The Bertz CT molecular complexity index is 1830. The predicted molar refractivity (Wildman–Crippen MR) is 151 cm³/mol. The molecule has 5 aromatic heterocycles. The molecule has 0 saturated carbocycles. The molecule has 0 radical (unpaired) electrons. The number of nitrogens with zero attached hydrogens (tertiary/aromatic N) is 10. The molecule has 0 aromatic carbocycles. The van der Waals surface area contributed by atoms with Crippen LogP contribution in [0.2, 0.25) is 0 Å². The summed E-state index contributed by atoms with van der Waals surface area (Å²) in [5, 5.41) is 28.4. The molecule has 11 nitrogen and oxygen atoms in total. The molecule has 7 rings (SSSR count). The van der Waals surface area contributed by atoms with E-state index in [0.29, 0.717) is 18.0 Å². The zero-order valence-electron chi connectivity index (χ0n) is 22.6. The predicted octanol–water partition coefficient (Wildman–Crippen LogP) is 3.28. The van der Waals surface area contributed by atoms with Gasteiger partial charge in [-0.2, -0.15) is 20.7 Å². The lowest BCUT2D eigenvalue weighted by atomic mass is 9.90. The quantitative estimate of drug-likeness (QED) is 0.318. The number of hydrogen-bond acceptors (Lipinski definition) is 9. The second-order valence-corrected chi connectivity index (χ2v) is 10.5.